The lowest BCUT2D eigenvalue weighted by Gasteiger charge is -2.32. The summed E-state index contributed by atoms with van der Waals surface area (Å²) in [7, 11) is -3.36. The predicted molar refractivity (Wildman–Crippen MR) is 98.7 cm³/mol. The number of rotatable bonds is 7. The average Bonchev–Trinajstić information content (AvgIpc) is 2.35. The van der Waals surface area contributed by atoms with E-state index in [0.29, 0.717) is 0 Å². The largest absolute Gasteiger partial charge is 0.480 e. The molecule has 1 atom stereocenters. The van der Waals surface area contributed by atoms with Crippen LogP contribution in [0.2, 0.25) is 0 Å². The second kappa shape index (κ2) is 8.00. The van der Waals surface area contributed by atoms with Crippen molar-refractivity contribution >= 4 is 13.6 Å². The highest BCUT2D eigenvalue weighted by atomic mass is 31.2. The summed E-state index contributed by atoms with van der Waals surface area (Å²) in [5, 5.41) is 8.87. The van der Waals surface area contributed by atoms with E-state index in [2.05, 4.69) is 0 Å². The third kappa shape index (κ3) is 8.63. The molecule has 0 saturated carbocycles. The van der Waals surface area contributed by atoms with Crippen LogP contribution in [0, 0.1) is 0 Å². The summed E-state index contributed by atoms with van der Waals surface area (Å²) in [6.07, 6.45) is 0.386. The van der Waals surface area contributed by atoms with Gasteiger partial charge >= 0.3 is 13.6 Å². The summed E-state index contributed by atoms with van der Waals surface area (Å²) in [5.41, 5.74) is 5.94. The van der Waals surface area contributed by atoms with Gasteiger partial charge in [-0.1, -0.05) is 24.3 Å². The van der Waals surface area contributed by atoms with Crippen molar-refractivity contribution < 1.29 is 23.5 Å². The summed E-state index contributed by atoms with van der Waals surface area (Å²) < 4.78 is 24.8. The van der Waals surface area contributed by atoms with Crippen LogP contribution in [0.3, 0.4) is 0 Å². The zero-order valence-electron chi connectivity index (χ0n) is 15.9. The molecule has 0 aromatic heterocycles. The van der Waals surface area contributed by atoms with Gasteiger partial charge < -0.3 is 19.9 Å². The monoisotopic (exact) mass is 371 g/mol. The molecule has 0 aliphatic heterocycles. The summed E-state index contributed by atoms with van der Waals surface area (Å²) in [6.45, 7) is 11.0. The van der Waals surface area contributed by atoms with E-state index in [9.17, 15) is 9.36 Å². The quantitative estimate of drug-likeness (QED) is 0.704. The minimum atomic E-state index is -3.36. The molecule has 0 bridgehead atoms. The third-order valence-electron chi connectivity index (χ3n) is 3.00. The minimum Gasteiger partial charge on any atom is -0.480 e. The Morgan fingerprint density at radius 2 is 1.44 bits per heavy atom. The topological polar surface area (TPSA) is 98.9 Å². The zero-order valence-corrected chi connectivity index (χ0v) is 16.8. The van der Waals surface area contributed by atoms with Gasteiger partial charge in [0.05, 0.1) is 17.4 Å². The van der Waals surface area contributed by atoms with Crippen LogP contribution in [-0.4, -0.2) is 28.3 Å². The minimum absolute atomic E-state index is 0.146. The molecule has 1 aromatic rings. The Bertz CT molecular complexity index is 608. The second-order valence-corrected chi connectivity index (χ2v) is 10.0. The van der Waals surface area contributed by atoms with Crippen LogP contribution in [0.25, 0.3) is 0 Å². The predicted octanol–water partition coefficient (Wildman–Crippen LogP) is 3.96. The van der Waals surface area contributed by atoms with E-state index in [1.807, 2.05) is 41.5 Å². The summed E-state index contributed by atoms with van der Waals surface area (Å²) in [6, 6.07) is 6.24. The van der Waals surface area contributed by atoms with E-state index in [4.69, 9.17) is 19.9 Å². The fourth-order valence-corrected chi connectivity index (χ4v) is 4.76. The normalized spacial score (nSPS) is 14.4. The van der Waals surface area contributed by atoms with Crippen molar-refractivity contribution in [3.8, 4) is 0 Å². The van der Waals surface area contributed by atoms with Crippen molar-refractivity contribution in [3.05, 3.63) is 35.4 Å². The Labute approximate surface area is 150 Å². The van der Waals surface area contributed by atoms with Gasteiger partial charge in [-0.2, -0.15) is 0 Å². The number of benzene rings is 1. The number of hydrogen-bond donors (Lipinski definition) is 2. The van der Waals surface area contributed by atoms with Crippen molar-refractivity contribution in [2.45, 2.75) is 71.4 Å². The maximum atomic E-state index is 13.2. The molecule has 0 radical (unpaired) electrons. The first-order valence-electron chi connectivity index (χ1n) is 8.26. The number of hydrogen-bond acceptors (Lipinski definition) is 5. The maximum absolute atomic E-state index is 13.2. The van der Waals surface area contributed by atoms with E-state index < -0.39 is 30.8 Å². The molecule has 0 saturated heterocycles. The van der Waals surface area contributed by atoms with E-state index in [0.717, 1.165) is 11.1 Å². The Kier molecular flexibility index (Phi) is 6.99. The molecule has 0 amide bonds. The molecule has 1 unspecified atom stereocenters. The van der Waals surface area contributed by atoms with Gasteiger partial charge in [0, 0.05) is 0 Å². The van der Waals surface area contributed by atoms with Gasteiger partial charge in [0.2, 0.25) is 0 Å². The van der Waals surface area contributed by atoms with Crippen molar-refractivity contribution in [2.75, 3.05) is 0 Å². The molecule has 0 aliphatic carbocycles. The molecule has 7 heteroatoms. The standard InChI is InChI=1S/C18H30NO5P/c1-17(2,3)23-25(22,24-18(4,5)6)12-14-9-7-13(8-10-14)11-15(19)16(20)21/h7-10,15H,11-12,19H2,1-6H3,(H,20,21). The first-order chi connectivity index (χ1) is 11.2. The van der Waals surface area contributed by atoms with Gasteiger partial charge in [-0.3, -0.25) is 9.36 Å². The van der Waals surface area contributed by atoms with Crippen molar-refractivity contribution in [1.82, 2.24) is 0 Å². The van der Waals surface area contributed by atoms with Gasteiger partial charge in [0.1, 0.15) is 6.04 Å². The first-order valence-corrected chi connectivity index (χ1v) is 9.99. The molecule has 3 N–H and O–H groups in total. The average molecular weight is 371 g/mol. The fourth-order valence-electron chi connectivity index (χ4n) is 2.26. The first kappa shape index (κ1) is 21.8. The molecule has 25 heavy (non-hydrogen) atoms. The van der Waals surface area contributed by atoms with Crippen LogP contribution in [0.5, 0.6) is 0 Å². The SMILES string of the molecule is CC(C)(C)OP(=O)(Cc1ccc(CC(N)C(=O)O)cc1)OC(C)(C)C. The van der Waals surface area contributed by atoms with Gasteiger partial charge in [-0.15, -0.1) is 0 Å². The molecular weight excluding hydrogens is 341 g/mol. The van der Waals surface area contributed by atoms with E-state index in [1.165, 1.54) is 0 Å². The lowest BCUT2D eigenvalue weighted by atomic mass is 10.1. The second-order valence-electron chi connectivity index (χ2n) is 8.14. The molecule has 1 rings (SSSR count). The van der Waals surface area contributed by atoms with Gasteiger partial charge in [-0.05, 0) is 59.1 Å². The molecule has 0 spiro atoms. The number of carbonyl (C=O) groups is 1. The highest BCUT2D eigenvalue weighted by molar-refractivity contribution is 7.53. The van der Waals surface area contributed by atoms with Crippen molar-refractivity contribution in [3.63, 3.8) is 0 Å². The molecule has 0 aliphatic rings. The third-order valence-corrected chi connectivity index (χ3v) is 5.40. The van der Waals surface area contributed by atoms with E-state index in [1.54, 1.807) is 24.3 Å². The van der Waals surface area contributed by atoms with Gasteiger partial charge in [-0.25, -0.2) is 0 Å². The molecule has 6 nitrogen and oxygen atoms in total. The highest BCUT2D eigenvalue weighted by Crippen LogP contribution is 2.56. The lowest BCUT2D eigenvalue weighted by molar-refractivity contribution is -0.138. The summed E-state index contributed by atoms with van der Waals surface area (Å²) in [4.78, 5) is 10.8. The Hall–Kier alpha value is -1.20. The van der Waals surface area contributed by atoms with E-state index >= 15 is 0 Å². The van der Waals surface area contributed by atoms with E-state index in [-0.39, 0.29) is 12.6 Å². The Morgan fingerprint density at radius 1 is 1.04 bits per heavy atom. The number of aliphatic carboxylic acids is 1. The summed E-state index contributed by atoms with van der Waals surface area (Å²) in [5.74, 6) is -1.04. The number of carboxylic acids is 1. The lowest BCUT2D eigenvalue weighted by Crippen LogP contribution is -2.32. The number of carboxylic acid groups (broad SMARTS) is 1. The molecular formula is C18H30NO5P. The van der Waals surface area contributed by atoms with Crippen molar-refractivity contribution in [2.24, 2.45) is 5.73 Å². The van der Waals surface area contributed by atoms with Crippen LogP contribution < -0.4 is 5.73 Å². The molecule has 0 fully saturated rings. The highest BCUT2D eigenvalue weighted by Gasteiger charge is 2.35. The Balaban J connectivity index is 2.94. The Morgan fingerprint density at radius 3 is 1.80 bits per heavy atom. The van der Waals surface area contributed by atoms with Crippen LogP contribution in [-0.2, 0) is 31.0 Å². The molecule has 1 aromatic carbocycles. The van der Waals surface area contributed by atoms with Crippen LogP contribution >= 0.6 is 7.60 Å². The van der Waals surface area contributed by atoms with Gasteiger partial charge in [0.15, 0.2) is 0 Å². The van der Waals surface area contributed by atoms with Gasteiger partial charge in [0.25, 0.3) is 0 Å². The molecule has 0 heterocycles. The van der Waals surface area contributed by atoms with Crippen LogP contribution in [0.1, 0.15) is 52.7 Å². The summed E-state index contributed by atoms with van der Waals surface area (Å²) >= 11 is 0. The van der Waals surface area contributed by atoms with Crippen LogP contribution in [0.15, 0.2) is 24.3 Å². The molecule has 142 valence electrons. The smallest absolute Gasteiger partial charge is 0.336 e. The fraction of sp³-hybridized carbons (Fsp3) is 0.611. The van der Waals surface area contributed by atoms with Crippen molar-refractivity contribution in [1.29, 1.82) is 0 Å². The van der Waals surface area contributed by atoms with Crippen LogP contribution in [0.4, 0.5) is 0 Å². The maximum Gasteiger partial charge on any atom is 0.336 e. The number of nitrogens with two attached hydrogens (primary N) is 1. The zero-order chi connectivity index (χ0) is 19.5.